The summed E-state index contributed by atoms with van der Waals surface area (Å²) in [7, 11) is 0. The minimum absolute atomic E-state index is 0.0497. The molecule has 0 bridgehead atoms. The van der Waals surface area contributed by atoms with Crippen molar-refractivity contribution in [1.29, 1.82) is 0 Å². The molecule has 104 valence electrons. The fourth-order valence-corrected chi connectivity index (χ4v) is 1.47. The molecule has 0 aliphatic carbocycles. The summed E-state index contributed by atoms with van der Waals surface area (Å²) in [6.45, 7) is 1.75. The minimum atomic E-state index is -1.11. The third-order valence-corrected chi connectivity index (χ3v) is 2.33. The maximum absolute atomic E-state index is 11.9. The number of carboxylic acid groups (broad SMARTS) is 1. The Morgan fingerprint density at radius 1 is 1.26 bits per heavy atom. The molecule has 6 nitrogen and oxygen atoms in total. The highest BCUT2D eigenvalue weighted by atomic mass is 16.5. The van der Waals surface area contributed by atoms with Crippen LogP contribution in [0.1, 0.15) is 13.3 Å². The predicted octanol–water partition coefficient (Wildman–Crippen LogP) is 1.24. The van der Waals surface area contributed by atoms with E-state index in [1.54, 1.807) is 0 Å². The van der Waals surface area contributed by atoms with Gasteiger partial charge in [0.25, 0.3) is 5.91 Å². The number of phenolic OH excluding ortho intramolecular Hbond substituents is 1. The summed E-state index contributed by atoms with van der Waals surface area (Å²) in [5, 5.41) is 18.0. The molecule has 0 unspecified atom stereocenters. The maximum Gasteiger partial charge on any atom is 0.323 e. The number of ether oxygens (including phenoxy) is 1. The molecule has 1 aromatic carbocycles. The molecule has 19 heavy (non-hydrogen) atoms. The number of hydrogen-bond donors (Lipinski definition) is 2. The van der Waals surface area contributed by atoms with Crippen LogP contribution in [0.5, 0.6) is 5.75 Å². The van der Waals surface area contributed by atoms with Gasteiger partial charge in [-0.2, -0.15) is 0 Å². The van der Waals surface area contributed by atoms with Crippen LogP contribution < -0.4 is 4.90 Å². The molecule has 1 aromatic rings. The lowest BCUT2D eigenvalue weighted by molar-refractivity contribution is -0.137. The zero-order chi connectivity index (χ0) is 14.3. The van der Waals surface area contributed by atoms with Gasteiger partial charge in [0.2, 0.25) is 0 Å². The van der Waals surface area contributed by atoms with E-state index in [1.165, 1.54) is 24.3 Å². The van der Waals surface area contributed by atoms with Crippen molar-refractivity contribution in [2.24, 2.45) is 0 Å². The van der Waals surface area contributed by atoms with Crippen molar-refractivity contribution in [2.45, 2.75) is 13.3 Å². The molecule has 1 amide bonds. The lowest BCUT2D eigenvalue weighted by atomic mass is 10.2. The second-order valence-electron chi connectivity index (χ2n) is 3.94. The number of carboxylic acids is 1. The Labute approximate surface area is 111 Å². The number of aliphatic carboxylic acids is 1. The maximum atomic E-state index is 11.9. The van der Waals surface area contributed by atoms with E-state index >= 15 is 0 Å². The number of rotatable bonds is 7. The van der Waals surface area contributed by atoms with Crippen LogP contribution in [-0.4, -0.2) is 41.8 Å². The first-order valence-corrected chi connectivity index (χ1v) is 5.93. The van der Waals surface area contributed by atoms with Gasteiger partial charge in [0.05, 0.1) is 0 Å². The summed E-state index contributed by atoms with van der Waals surface area (Å²) in [5.41, 5.74) is 0.408. The molecule has 0 aromatic heterocycles. The van der Waals surface area contributed by atoms with Gasteiger partial charge in [-0.15, -0.1) is 0 Å². The van der Waals surface area contributed by atoms with Crippen molar-refractivity contribution < 1.29 is 24.5 Å². The summed E-state index contributed by atoms with van der Waals surface area (Å²) in [6, 6.07) is 5.75. The monoisotopic (exact) mass is 267 g/mol. The standard InChI is InChI=1S/C13H17NO5/c1-2-7-19-9-12(16)14(8-13(17)18)10-3-5-11(15)6-4-10/h3-6,15H,2,7-9H2,1H3,(H,17,18). The Morgan fingerprint density at radius 3 is 2.42 bits per heavy atom. The Kier molecular flexibility index (Phi) is 5.81. The fraction of sp³-hybridized carbons (Fsp3) is 0.385. The van der Waals surface area contributed by atoms with Crippen LogP contribution in [0.2, 0.25) is 0 Å². The third kappa shape index (κ3) is 4.97. The van der Waals surface area contributed by atoms with Crippen LogP contribution in [0.3, 0.4) is 0 Å². The summed E-state index contributed by atoms with van der Waals surface area (Å²) in [5.74, 6) is -1.49. The van der Waals surface area contributed by atoms with Crippen molar-refractivity contribution in [3.05, 3.63) is 24.3 Å². The Hall–Kier alpha value is -2.08. The highest BCUT2D eigenvalue weighted by Crippen LogP contribution is 2.18. The Bertz CT molecular complexity index is 429. The molecule has 0 spiro atoms. The zero-order valence-electron chi connectivity index (χ0n) is 10.7. The molecule has 0 saturated carbocycles. The highest BCUT2D eigenvalue weighted by Gasteiger charge is 2.18. The van der Waals surface area contributed by atoms with Gasteiger partial charge in [-0.1, -0.05) is 6.92 Å². The van der Waals surface area contributed by atoms with Gasteiger partial charge in [-0.05, 0) is 30.7 Å². The molecule has 0 saturated heterocycles. The molecular weight excluding hydrogens is 250 g/mol. The SMILES string of the molecule is CCCOCC(=O)N(CC(=O)O)c1ccc(O)cc1. The molecule has 0 heterocycles. The van der Waals surface area contributed by atoms with Gasteiger partial charge in [-0.25, -0.2) is 0 Å². The van der Waals surface area contributed by atoms with E-state index in [0.717, 1.165) is 11.3 Å². The van der Waals surface area contributed by atoms with Gasteiger partial charge in [0.15, 0.2) is 0 Å². The molecule has 2 N–H and O–H groups in total. The first kappa shape index (κ1) is 15.0. The van der Waals surface area contributed by atoms with E-state index < -0.39 is 18.4 Å². The summed E-state index contributed by atoms with van der Waals surface area (Å²) in [4.78, 5) is 23.8. The first-order chi connectivity index (χ1) is 9.04. The number of benzene rings is 1. The summed E-state index contributed by atoms with van der Waals surface area (Å²) < 4.78 is 5.12. The quantitative estimate of drug-likeness (QED) is 0.726. The number of nitrogens with zero attached hydrogens (tertiary/aromatic N) is 1. The van der Waals surface area contributed by atoms with E-state index in [2.05, 4.69) is 0 Å². The van der Waals surface area contributed by atoms with Crippen LogP contribution in [0.15, 0.2) is 24.3 Å². The lowest BCUT2D eigenvalue weighted by Gasteiger charge is -2.20. The number of carbonyl (C=O) groups is 2. The van der Waals surface area contributed by atoms with E-state index in [9.17, 15) is 14.7 Å². The normalized spacial score (nSPS) is 10.2. The van der Waals surface area contributed by atoms with E-state index in [4.69, 9.17) is 9.84 Å². The molecule has 0 aliphatic heterocycles. The Morgan fingerprint density at radius 2 is 1.89 bits per heavy atom. The van der Waals surface area contributed by atoms with E-state index in [1.807, 2.05) is 6.92 Å². The van der Waals surface area contributed by atoms with Crippen molar-refractivity contribution >= 4 is 17.6 Å². The van der Waals surface area contributed by atoms with E-state index in [-0.39, 0.29) is 12.4 Å². The van der Waals surface area contributed by atoms with Crippen LogP contribution in [0, 0.1) is 0 Å². The molecule has 0 radical (unpaired) electrons. The number of phenols is 1. The third-order valence-electron chi connectivity index (χ3n) is 2.33. The topological polar surface area (TPSA) is 87.1 Å². The molecule has 0 atom stereocenters. The average Bonchev–Trinajstić information content (AvgIpc) is 2.37. The van der Waals surface area contributed by atoms with Gasteiger partial charge in [0.1, 0.15) is 18.9 Å². The molecule has 6 heteroatoms. The van der Waals surface area contributed by atoms with Crippen LogP contribution in [-0.2, 0) is 14.3 Å². The second kappa shape index (κ2) is 7.38. The fourth-order valence-electron chi connectivity index (χ4n) is 1.47. The molecular formula is C13H17NO5. The highest BCUT2D eigenvalue weighted by molar-refractivity contribution is 5.98. The van der Waals surface area contributed by atoms with Crippen molar-refractivity contribution in [3.8, 4) is 5.75 Å². The molecule has 1 rings (SSSR count). The number of anilines is 1. The first-order valence-electron chi connectivity index (χ1n) is 5.93. The van der Waals surface area contributed by atoms with Gasteiger partial charge in [0, 0.05) is 12.3 Å². The van der Waals surface area contributed by atoms with Crippen molar-refractivity contribution in [2.75, 3.05) is 24.7 Å². The molecule has 0 aliphatic rings. The number of carbonyl (C=O) groups excluding carboxylic acids is 1. The van der Waals surface area contributed by atoms with Crippen LogP contribution >= 0.6 is 0 Å². The number of aromatic hydroxyl groups is 1. The van der Waals surface area contributed by atoms with Crippen LogP contribution in [0.25, 0.3) is 0 Å². The predicted molar refractivity (Wildman–Crippen MR) is 69.2 cm³/mol. The van der Waals surface area contributed by atoms with Crippen LogP contribution in [0.4, 0.5) is 5.69 Å². The molecule has 0 fully saturated rings. The second-order valence-corrected chi connectivity index (χ2v) is 3.94. The van der Waals surface area contributed by atoms with Crippen molar-refractivity contribution in [3.63, 3.8) is 0 Å². The van der Waals surface area contributed by atoms with Gasteiger partial charge in [-0.3, -0.25) is 14.5 Å². The van der Waals surface area contributed by atoms with E-state index in [0.29, 0.717) is 12.3 Å². The zero-order valence-corrected chi connectivity index (χ0v) is 10.7. The van der Waals surface area contributed by atoms with Gasteiger partial charge < -0.3 is 14.9 Å². The van der Waals surface area contributed by atoms with Crippen molar-refractivity contribution in [1.82, 2.24) is 0 Å². The minimum Gasteiger partial charge on any atom is -0.508 e. The summed E-state index contributed by atoms with van der Waals surface area (Å²) >= 11 is 0. The number of hydrogen-bond acceptors (Lipinski definition) is 4. The van der Waals surface area contributed by atoms with Gasteiger partial charge >= 0.3 is 5.97 Å². The lowest BCUT2D eigenvalue weighted by Crippen LogP contribution is -2.38. The Balaban J connectivity index is 2.79. The summed E-state index contributed by atoms with van der Waals surface area (Å²) in [6.07, 6.45) is 0.783. The number of amides is 1. The largest absolute Gasteiger partial charge is 0.508 e. The smallest absolute Gasteiger partial charge is 0.323 e. The average molecular weight is 267 g/mol.